The first-order valence-corrected chi connectivity index (χ1v) is 6.77. The van der Waals surface area contributed by atoms with Crippen molar-refractivity contribution in [2.24, 2.45) is 11.8 Å². The Bertz CT molecular complexity index is 395. The fraction of sp³-hybridized carbons (Fsp3) is 0.667. The molecule has 1 N–H and O–H groups in total. The van der Waals surface area contributed by atoms with Gasteiger partial charge in [-0.15, -0.1) is 0 Å². The Kier molecular flexibility index (Phi) is 3.91. The SMILES string of the molecule is COc1cncc(C2(O)CCC(C(C)C)CC2)c1. The van der Waals surface area contributed by atoms with Gasteiger partial charge in [0, 0.05) is 11.8 Å². The Labute approximate surface area is 109 Å². The lowest BCUT2D eigenvalue weighted by atomic mass is 9.72. The van der Waals surface area contributed by atoms with Crippen molar-refractivity contribution < 1.29 is 9.84 Å². The highest BCUT2D eigenvalue weighted by atomic mass is 16.5. The highest BCUT2D eigenvalue weighted by Gasteiger charge is 2.36. The van der Waals surface area contributed by atoms with E-state index in [1.165, 1.54) is 0 Å². The largest absolute Gasteiger partial charge is 0.495 e. The van der Waals surface area contributed by atoms with Gasteiger partial charge in [-0.3, -0.25) is 4.98 Å². The van der Waals surface area contributed by atoms with Gasteiger partial charge in [0.1, 0.15) is 5.75 Å². The third-order valence-electron chi connectivity index (χ3n) is 4.29. The summed E-state index contributed by atoms with van der Waals surface area (Å²) in [6.45, 7) is 4.53. The Morgan fingerprint density at radius 2 is 2.00 bits per heavy atom. The first-order chi connectivity index (χ1) is 8.55. The molecule has 0 unspecified atom stereocenters. The smallest absolute Gasteiger partial charge is 0.137 e. The summed E-state index contributed by atoms with van der Waals surface area (Å²) in [5.74, 6) is 2.16. The number of nitrogens with zero attached hydrogens (tertiary/aromatic N) is 1. The minimum Gasteiger partial charge on any atom is -0.495 e. The fourth-order valence-electron chi connectivity index (χ4n) is 2.86. The third kappa shape index (κ3) is 2.66. The standard InChI is InChI=1S/C15H23NO2/c1-11(2)12-4-6-15(17,7-5-12)13-8-14(18-3)10-16-9-13/h8-12,17H,4-7H2,1-3H3. The normalized spacial score (nSPS) is 28.4. The molecule has 0 amide bonds. The molecule has 1 aromatic heterocycles. The molecule has 18 heavy (non-hydrogen) atoms. The third-order valence-corrected chi connectivity index (χ3v) is 4.29. The molecule has 3 nitrogen and oxygen atoms in total. The predicted octanol–water partition coefficient (Wildman–Crippen LogP) is 3.12. The highest BCUT2D eigenvalue weighted by Crippen LogP contribution is 2.42. The molecule has 3 heteroatoms. The molecule has 0 bridgehead atoms. The van der Waals surface area contributed by atoms with Gasteiger partial charge >= 0.3 is 0 Å². The first kappa shape index (κ1) is 13.3. The van der Waals surface area contributed by atoms with Crippen LogP contribution in [0.5, 0.6) is 5.75 Å². The zero-order chi connectivity index (χ0) is 13.2. The second-order valence-corrected chi connectivity index (χ2v) is 5.73. The molecule has 0 spiro atoms. The van der Waals surface area contributed by atoms with Gasteiger partial charge in [-0.25, -0.2) is 0 Å². The number of pyridine rings is 1. The van der Waals surface area contributed by atoms with E-state index in [2.05, 4.69) is 18.8 Å². The van der Waals surface area contributed by atoms with Crippen LogP contribution in [0.3, 0.4) is 0 Å². The van der Waals surface area contributed by atoms with Crippen molar-refractivity contribution in [1.29, 1.82) is 0 Å². The lowest BCUT2D eigenvalue weighted by molar-refractivity contribution is -0.0203. The maximum absolute atomic E-state index is 10.8. The fourth-order valence-corrected chi connectivity index (χ4v) is 2.86. The number of methoxy groups -OCH3 is 1. The van der Waals surface area contributed by atoms with Crippen molar-refractivity contribution in [3.8, 4) is 5.75 Å². The van der Waals surface area contributed by atoms with Crippen LogP contribution in [0.15, 0.2) is 18.5 Å². The van der Waals surface area contributed by atoms with Crippen LogP contribution < -0.4 is 4.74 Å². The van der Waals surface area contributed by atoms with E-state index < -0.39 is 5.60 Å². The van der Waals surface area contributed by atoms with Gasteiger partial charge in [0.05, 0.1) is 18.9 Å². The van der Waals surface area contributed by atoms with E-state index in [4.69, 9.17) is 4.74 Å². The van der Waals surface area contributed by atoms with Gasteiger partial charge in [0.2, 0.25) is 0 Å². The molecular formula is C15H23NO2. The Morgan fingerprint density at radius 1 is 1.33 bits per heavy atom. The van der Waals surface area contributed by atoms with E-state index in [-0.39, 0.29) is 0 Å². The number of rotatable bonds is 3. The van der Waals surface area contributed by atoms with Crippen LogP contribution in [-0.2, 0) is 5.60 Å². The molecule has 0 aliphatic heterocycles. The van der Waals surface area contributed by atoms with Crippen LogP contribution in [0.25, 0.3) is 0 Å². The summed E-state index contributed by atoms with van der Waals surface area (Å²) in [4.78, 5) is 4.15. The second-order valence-electron chi connectivity index (χ2n) is 5.73. The molecule has 0 aromatic carbocycles. The molecule has 100 valence electrons. The van der Waals surface area contributed by atoms with E-state index in [1.807, 2.05) is 6.07 Å². The molecular weight excluding hydrogens is 226 g/mol. The van der Waals surface area contributed by atoms with Gasteiger partial charge in [-0.1, -0.05) is 13.8 Å². The molecule has 1 aliphatic rings. The van der Waals surface area contributed by atoms with E-state index in [9.17, 15) is 5.11 Å². The van der Waals surface area contributed by atoms with Gasteiger partial charge in [-0.2, -0.15) is 0 Å². The van der Waals surface area contributed by atoms with Crippen LogP contribution >= 0.6 is 0 Å². The molecule has 1 heterocycles. The van der Waals surface area contributed by atoms with Gasteiger partial charge < -0.3 is 9.84 Å². The first-order valence-electron chi connectivity index (χ1n) is 6.77. The van der Waals surface area contributed by atoms with Crippen LogP contribution in [0.1, 0.15) is 45.1 Å². The summed E-state index contributed by atoms with van der Waals surface area (Å²) in [6, 6.07) is 1.91. The monoisotopic (exact) mass is 249 g/mol. The highest BCUT2D eigenvalue weighted by molar-refractivity contribution is 5.28. The molecule has 0 radical (unpaired) electrons. The van der Waals surface area contributed by atoms with E-state index in [1.54, 1.807) is 19.5 Å². The van der Waals surface area contributed by atoms with Gasteiger partial charge in [0.25, 0.3) is 0 Å². The lowest BCUT2D eigenvalue weighted by Crippen LogP contribution is -2.33. The number of hydrogen-bond acceptors (Lipinski definition) is 3. The summed E-state index contributed by atoms with van der Waals surface area (Å²) < 4.78 is 5.18. The molecule has 0 saturated heterocycles. The topological polar surface area (TPSA) is 42.4 Å². The summed E-state index contributed by atoms with van der Waals surface area (Å²) in [6.07, 6.45) is 7.26. The summed E-state index contributed by atoms with van der Waals surface area (Å²) in [5, 5.41) is 10.8. The maximum atomic E-state index is 10.8. The van der Waals surface area contributed by atoms with Gasteiger partial charge in [-0.05, 0) is 43.6 Å². The van der Waals surface area contributed by atoms with Gasteiger partial charge in [0.15, 0.2) is 0 Å². The predicted molar refractivity (Wildman–Crippen MR) is 71.5 cm³/mol. The van der Waals surface area contributed by atoms with Crippen molar-refractivity contribution in [3.63, 3.8) is 0 Å². The van der Waals surface area contributed by atoms with Crippen LogP contribution in [0.4, 0.5) is 0 Å². The lowest BCUT2D eigenvalue weighted by Gasteiger charge is -2.37. The van der Waals surface area contributed by atoms with Crippen LogP contribution in [-0.4, -0.2) is 17.2 Å². The van der Waals surface area contributed by atoms with Crippen molar-refractivity contribution in [1.82, 2.24) is 4.98 Å². The Balaban J connectivity index is 2.12. The number of aliphatic hydroxyl groups is 1. The van der Waals surface area contributed by atoms with Crippen molar-refractivity contribution in [3.05, 3.63) is 24.0 Å². The average molecular weight is 249 g/mol. The minimum atomic E-state index is -0.715. The maximum Gasteiger partial charge on any atom is 0.137 e. The quantitative estimate of drug-likeness (QED) is 0.895. The second kappa shape index (κ2) is 5.27. The molecule has 1 saturated carbocycles. The van der Waals surface area contributed by atoms with E-state index in [0.717, 1.165) is 37.2 Å². The number of ether oxygens (including phenoxy) is 1. The zero-order valence-corrected chi connectivity index (χ0v) is 11.5. The van der Waals surface area contributed by atoms with Crippen molar-refractivity contribution in [2.45, 2.75) is 45.1 Å². The van der Waals surface area contributed by atoms with Crippen LogP contribution in [0.2, 0.25) is 0 Å². The average Bonchev–Trinajstić information content (AvgIpc) is 2.39. The summed E-state index contributed by atoms with van der Waals surface area (Å²) >= 11 is 0. The zero-order valence-electron chi connectivity index (χ0n) is 11.5. The molecule has 1 aromatic rings. The molecule has 0 atom stereocenters. The molecule has 1 fully saturated rings. The van der Waals surface area contributed by atoms with E-state index >= 15 is 0 Å². The van der Waals surface area contributed by atoms with Crippen molar-refractivity contribution >= 4 is 0 Å². The minimum absolute atomic E-state index is 0.706. The molecule has 1 aliphatic carbocycles. The number of aromatic nitrogens is 1. The van der Waals surface area contributed by atoms with Crippen molar-refractivity contribution in [2.75, 3.05) is 7.11 Å². The summed E-state index contributed by atoms with van der Waals surface area (Å²) in [7, 11) is 1.63. The van der Waals surface area contributed by atoms with Crippen LogP contribution in [0, 0.1) is 11.8 Å². The molecule has 2 rings (SSSR count). The van der Waals surface area contributed by atoms with E-state index in [0.29, 0.717) is 11.7 Å². The Hall–Kier alpha value is -1.09. The summed E-state index contributed by atoms with van der Waals surface area (Å²) in [5.41, 5.74) is 0.177. The Morgan fingerprint density at radius 3 is 2.56 bits per heavy atom. The number of hydrogen-bond donors (Lipinski definition) is 1.